The Kier molecular flexibility index (Phi) is 3.43. The van der Waals surface area contributed by atoms with Crippen LogP contribution in [0.3, 0.4) is 0 Å². The van der Waals surface area contributed by atoms with Crippen LogP contribution in [0.15, 0.2) is 29.0 Å². The summed E-state index contributed by atoms with van der Waals surface area (Å²) in [6.07, 6.45) is 2.72. The topological polar surface area (TPSA) is 47.0 Å². The molecular weight excluding hydrogens is 294 g/mol. The van der Waals surface area contributed by atoms with Crippen LogP contribution < -0.4 is 5.32 Å². The van der Waals surface area contributed by atoms with E-state index < -0.39 is 0 Å². The third kappa shape index (κ3) is 2.33. The molecule has 1 aromatic carbocycles. The molecule has 1 aliphatic heterocycles. The molecule has 1 unspecified atom stereocenters. The lowest BCUT2D eigenvalue weighted by atomic mass is 10.1. The molecule has 1 aromatic heterocycles. The maximum atomic E-state index is 5.37. The molecule has 94 valence electrons. The standard InChI is InChI=1S/C13H14BrN3O/c14-11-3-1-2-10-12(11)16-8-17-13(10)15-6-9-4-5-18-7-9/h1-3,8-9H,4-7H2,(H,15,16,17). The Hall–Kier alpha value is -1.20. The normalized spacial score (nSPS) is 19.3. The maximum Gasteiger partial charge on any atom is 0.137 e. The van der Waals surface area contributed by atoms with Crippen LogP contribution in [-0.2, 0) is 4.74 Å². The summed E-state index contributed by atoms with van der Waals surface area (Å²) in [7, 11) is 0. The van der Waals surface area contributed by atoms with Gasteiger partial charge >= 0.3 is 0 Å². The van der Waals surface area contributed by atoms with Crippen molar-refractivity contribution < 1.29 is 4.74 Å². The van der Waals surface area contributed by atoms with Gasteiger partial charge < -0.3 is 10.1 Å². The van der Waals surface area contributed by atoms with Gasteiger partial charge in [0.15, 0.2) is 0 Å². The Balaban J connectivity index is 1.85. The van der Waals surface area contributed by atoms with E-state index in [1.807, 2.05) is 18.2 Å². The maximum absolute atomic E-state index is 5.37. The Bertz CT molecular complexity index is 555. The number of nitrogens with zero attached hydrogens (tertiary/aromatic N) is 2. The Morgan fingerprint density at radius 1 is 1.39 bits per heavy atom. The minimum Gasteiger partial charge on any atom is -0.381 e. The molecule has 0 radical (unpaired) electrons. The first-order chi connectivity index (χ1) is 8.84. The average molecular weight is 308 g/mol. The number of ether oxygens (including phenoxy) is 1. The molecular formula is C13H14BrN3O. The molecule has 0 spiro atoms. The molecule has 1 saturated heterocycles. The molecule has 0 amide bonds. The highest BCUT2D eigenvalue weighted by atomic mass is 79.9. The number of fused-ring (bicyclic) bond motifs is 1. The molecule has 1 N–H and O–H groups in total. The lowest BCUT2D eigenvalue weighted by Gasteiger charge is -2.11. The number of hydrogen-bond donors (Lipinski definition) is 1. The van der Waals surface area contributed by atoms with Gasteiger partial charge in [-0.15, -0.1) is 0 Å². The summed E-state index contributed by atoms with van der Waals surface area (Å²) in [6, 6.07) is 6.02. The summed E-state index contributed by atoms with van der Waals surface area (Å²) in [5.41, 5.74) is 0.942. The minimum absolute atomic E-state index is 0.585. The van der Waals surface area contributed by atoms with E-state index in [1.165, 1.54) is 0 Å². The van der Waals surface area contributed by atoms with Gasteiger partial charge in [0, 0.05) is 28.9 Å². The highest BCUT2D eigenvalue weighted by Crippen LogP contribution is 2.26. The first-order valence-electron chi connectivity index (χ1n) is 6.05. The smallest absolute Gasteiger partial charge is 0.137 e. The molecule has 4 nitrogen and oxygen atoms in total. The third-order valence-electron chi connectivity index (χ3n) is 3.20. The highest BCUT2D eigenvalue weighted by molar-refractivity contribution is 9.10. The van der Waals surface area contributed by atoms with Gasteiger partial charge in [-0.05, 0) is 34.5 Å². The molecule has 1 fully saturated rings. The zero-order valence-corrected chi connectivity index (χ0v) is 11.5. The van der Waals surface area contributed by atoms with Gasteiger partial charge in [0.05, 0.1) is 12.1 Å². The highest BCUT2D eigenvalue weighted by Gasteiger charge is 2.16. The Morgan fingerprint density at radius 3 is 3.17 bits per heavy atom. The number of para-hydroxylation sites is 1. The van der Waals surface area contributed by atoms with Crippen LogP contribution >= 0.6 is 15.9 Å². The number of nitrogens with one attached hydrogen (secondary N) is 1. The fraction of sp³-hybridized carbons (Fsp3) is 0.385. The molecule has 2 heterocycles. The van der Waals surface area contributed by atoms with Gasteiger partial charge in [0.1, 0.15) is 12.1 Å². The molecule has 3 rings (SSSR count). The van der Waals surface area contributed by atoms with Crippen LogP contribution in [-0.4, -0.2) is 29.7 Å². The van der Waals surface area contributed by atoms with Crippen molar-refractivity contribution in [2.24, 2.45) is 5.92 Å². The molecule has 0 saturated carbocycles. The molecule has 1 atom stereocenters. The van der Waals surface area contributed by atoms with E-state index in [9.17, 15) is 0 Å². The van der Waals surface area contributed by atoms with Crippen molar-refractivity contribution >= 4 is 32.7 Å². The monoisotopic (exact) mass is 307 g/mol. The lowest BCUT2D eigenvalue weighted by molar-refractivity contribution is 0.187. The fourth-order valence-electron chi connectivity index (χ4n) is 2.18. The van der Waals surface area contributed by atoms with Crippen LogP contribution in [0.2, 0.25) is 0 Å². The summed E-state index contributed by atoms with van der Waals surface area (Å²) >= 11 is 3.51. The quantitative estimate of drug-likeness (QED) is 0.947. The van der Waals surface area contributed by atoms with Gasteiger partial charge in [0.25, 0.3) is 0 Å². The van der Waals surface area contributed by atoms with Crippen LogP contribution in [0.4, 0.5) is 5.82 Å². The van der Waals surface area contributed by atoms with Crippen LogP contribution in [0.1, 0.15) is 6.42 Å². The van der Waals surface area contributed by atoms with E-state index >= 15 is 0 Å². The predicted octanol–water partition coefficient (Wildman–Crippen LogP) is 2.84. The number of rotatable bonds is 3. The molecule has 18 heavy (non-hydrogen) atoms. The Morgan fingerprint density at radius 2 is 2.33 bits per heavy atom. The summed E-state index contributed by atoms with van der Waals surface area (Å²) in [4.78, 5) is 8.62. The minimum atomic E-state index is 0.585. The SMILES string of the molecule is Brc1cccc2c(NCC3CCOC3)ncnc12. The first-order valence-corrected chi connectivity index (χ1v) is 6.85. The largest absolute Gasteiger partial charge is 0.381 e. The fourth-order valence-corrected chi connectivity index (χ4v) is 2.65. The number of anilines is 1. The number of aromatic nitrogens is 2. The van der Waals surface area contributed by atoms with Crippen LogP contribution in [0.5, 0.6) is 0 Å². The summed E-state index contributed by atoms with van der Waals surface area (Å²) < 4.78 is 6.37. The molecule has 0 bridgehead atoms. The second-order valence-corrected chi connectivity index (χ2v) is 5.32. The lowest BCUT2D eigenvalue weighted by Crippen LogP contribution is -2.15. The van der Waals surface area contributed by atoms with Crippen molar-refractivity contribution in [2.45, 2.75) is 6.42 Å². The second kappa shape index (κ2) is 5.20. The summed E-state index contributed by atoms with van der Waals surface area (Å²) in [6.45, 7) is 2.63. The Labute approximate surface area is 114 Å². The van der Waals surface area contributed by atoms with E-state index in [-0.39, 0.29) is 0 Å². The van der Waals surface area contributed by atoms with Crippen molar-refractivity contribution in [3.8, 4) is 0 Å². The second-order valence-electron chi connectivity index (χ2n) is 4.47. The molecule has 5 heteroatoms. The first kappa shape index (κ1) is 11.9. The molecule has 0 aliphatic carbocycles. The van der Waals surface area contributed by atoms with Crippen molar-refractivity contribution in [1.29, 1.82) is 0 Å². The number of halogens is 1. The number of benzene rings is 1. The van der Waals surface area contributed by atoms with Gasteiger partial charge in [-0.25, -0.2) is 9.97 Å². The summed E-state index contributed by atoms with van der Waals surface area (Å²) in [5, 5.41) is 4.45. The van der Waals surface area contributed by atoms with Crippen molar-refractivity contribution in [1.82, 2.24) is 9.97 Å². The predicted molar refractivity (Wildman–Crippen MR) is 74.7 cm³/mol. The van der Waals surface area contributed by atoms with E-state index in [2.05, 4.69) is 31.2 Å². The van der Waals surface area contributed by atoms with Crippen molar-refractivity contribution in [3.05, 3.63) is 29.0 Å². The van der Waals surface area contributed by atoms with Gasteiger partial charge in [-0.3, -0.25) is 0 Å². The van der Waals surface area contributed by atoms with Crippen molar-refractivity contribution in [3.63, 3.8) is 0 Å². The third-order valence-corrected chi connectivity index (χ3v) is 3.84. The van der Waals surface area contributed by atoms with Gasteiger partial charge in [-0.1, -0.05) is 6.07 Å². The van der Waals surface area contributed by atoms with Crippen LogP contribution in [0, 0.1) is 5.92 Å². The van der Waals surface area contributed by atoms with Crippen LogP contribution in [0.25, 0.3) is 10.9 Å². The van der Waals surface area contributed by atoms with E-state index in [0.29, 0.717) is 5.92 Å². The molecule has 2 aromatic rings. The zero-order chi connectivity index (χ0) is 12.4. The van der Waals surface area contributed by atoms with Gasteiger partial charge in [-0.2, -0.15) is 0 Å². The average Bonchev–Trinajstić information content (AvgIpc) is 2.90. The summed E-state index contributed by atoms with van der Waals surface area (Å²) in [5.74, 6) is 1.48. The molecule has 1 aliphatic rings. The number of hydrogen-bond acceptors (Lipinski definition) is 4. The zero-order valence-electron chi connectivity index (χ0n) is 9.90. The van der Waals surface area contributed by atoms with Crippen molar-refractivity contribution in [2.75, 3.05) is 25.1 Å². The van der Waals surface area contributed by atoms with E-state index in [0.717, 1.165) is 47.4 Å². The van der Waals surface area contributed by atoms with Gasteiger partial charge in [0.2, 0.25) is 0 Å². The van der Waals surface area contributed by atoms with E-state index in [4.69, 9.17) is 4.74 Å². The van der Waals surface area contributed by atoms with E-state index in [1.54, 1.807) is 6.33 Å².